The number of nitrogens with one attached hydrogen (secondary N) is 2. The van der Waals surface area contributed by atoms with E-state index in [1.165, 1.54) is 64.2 Å². The van der Waals surface area contributed by atoms with Crippen LogP contribution in [0.4, 0.5) is 17.8 Å². The van der Waals surface area contributed by atoms with Crippen LogP contribution in [-0.4, -0.2) is 54.3 Å². The van der Waals surface area contributed by atoms with Crippen LogP contribution in [0.15, 0.2) is 0 Å². The van der Waals surface area contributed by atoms with Crippen molar-refractivity contribution in [2.75, 3.05) is 54.9 Å². The van der Waals surface area contributed by atoms with Gasteiger partial charge in [-0.25, -0.2) is 0 Å². The molecule has 0 radical (unpaired) electrons. The van der Waals surface area contributed by atoms with E-state index in [-0.39, 0.29) is 0 Å². The molecule has 156 valence electrons. The van der Waals surface area contributed by atoms with Crippen LogP contribution >= 0.6 is 0 Å². The van der Waals surface area contributed by atoms with Crippen LogP contribution in [0.25, 0.3) is 0 Å². The summed E-state index contributed by atoms with van der Waals surface area (Å²) in [6.45, 7) is 5.09. The van der Waals surface area contributed by atoms with Gasteiger partial charge in [-0.1, -0.05) is 38.5 Å². The monoisotopic (exact) mass is 388 g/mol. The first-order valence-electron chi connectivity index (χ1n) is 11.4. The molecule has 7 nitrogen and oxygen atoms in total. The third-order valence-corrected chi connectivity index (χ3v) is 6.46. The molecule has 3 aliphatic rings. The van der Waals surface area contributed by atoms with E-state index in [2.05, 4.69) is 15.5 Å². The first kappa shape index (κ1) is 19.7. The van der Waals surface area contributed by atoms with Crippen molar-refractivity contribution < 1.29 is 4.74 Å². The lowest BCUT2D eigenvalue weighted by molar-refractivity contribution is 0.122. The van der Waals surface area contributed by atoms with Gasteiger partial charge >= 0.3 is 0 Å². The lowest BCUT2D eigenvalue weighted by Crippen LogP contribution is -2.37. The van der Waals surface area contributed by atoms with Gasteiger partial charge in [0.1, 0.15) is 0 Å². The Kier molecular flexibility index (Phi) is 7.19. The Hall–Kier alpha value is -1.63. The normalized spacial score (nSPS) is 22.2. The number of rotatable bonds is 7. The molecule has 2 aliphatic carbocycles. The summed E-state index contributed by atoms with van der Waals surface area (Å²) in [6, 6.07) is 0. The van der Waals surface area contributed by atoms with Crippen molar-refractivity contribution in [1.82, 2.24) is 15.0 Å². The maximum atomic E-state index is 5.49. The van der Waals surface area contributed by atoms with Crippen LogP contribution in [0, 0.1) is 11.8 Å². The molecule has 1 saturated heterocycles. The zero-order valence-electron chi connectivity index (χ0n) is 17.2. The summed E-state index contributed by atoms with van der Waals surface area (Å²) in [6.07, 6.45) is 13.5. The molecule has 0 atom stereocenters. The second-order valence-electron chi connectivity index (χ2n) is 8.65. The van der Waals surface area contributed by atoms with Crippen molar-refractivity contribution in [3.05, 3.63) is 0 Å². The van der Waals surface area contributed by atoms with Crippen LogP contribution in [0.5, 0.6) is 0 Å². The molecule has 1 aromatic rings. The average Bonchev–Trinajstić information content (AvgIpc) is 2.78. The smallest absolute Gasteiger partial charge is 0.232 e. The Morgan fingerprint density at radius 3 is 1.71 bits per heavy atom. The average molecular weight is 389 g/mol. The van der Waals surface area contributed by atoms with Crippen LogP contribution in [-0.2, 0) is 4.74 Å². The number of hydrogen-bond donors (Lipinski definition) is 2. The van der Waals surface area contributed by atoms with Crippen molar-refractivity contribution in [2.45, 2.75) is 64.2 Å². The molecule has 2 N–H and O–H groups in total. The van der Waals surface area contributed by atoms with Gasteiger partial charge < -0.3 is 20.3 Å². The number of ether oxygens (including phenoxy) is 1. The van der Waals surface area contributed by atoms with Gasteiger partial charge in [-0.05, 0) is 37.5 Å². The molecule has 2 saturated carbocycles. The standard InChI is InChI=1S/C21H36N6O/c1-3-7-17(8-4-1)15-22-19-24-20(23-16-18-9-5-2-6-10-18)26-21(25-19)27-11-13-28-14-12-27/h17-18H,1-16H2,(H2,22,23,24,25,26). The second kappa shape index (κ2) is 10.2. The fourth-order valence-corrected chi connectivity index (χ4v) is 4.68. The Bertz CT molecular complexity index is 554. The van der Waals surface area contributed by atoms with Crippen molar-refractivity contribution in [1.29, 1.82) is 0 Å². The van der Waals surface area contributed by atoms with E-state index in [9.17, 15) is 0 Å². The number of anilines is 3. The summed E-state index contributed by atoms with van der Waals surface area (Å²) in [4.78, 5) is 16.4. The van der Waals surface area contributed by atoms with Crippen LogP contribution < -0.4 is 15.5 Å². The Labute approximate surface area is 169 Å². The lowest BCUT2D eigenvalue weighted by atomic mass is 9.89. The highest BCUT2D eigenvalue weighted by molar-refractivity contribution is 5.44. The van der Waals surface area contributed by atoms with E-state index >= 15 is 0 Å². The van der Waals surface area contributed by atoms with Gasteiger partial charge in [0, 0.05) is 26.2 Å². The highest BCUT2D eigenvalue weighted by atomic mass is 16.5. The van der Waals surface area contributed by atoms with Crippen molar-refractivity contribution in [2.24, 2.45) is 11.8 Å². The van der Waals surface area contributed by atoms with E-state index in [1.54, 1.807) is 0 Å². The molecule has 0 amide bonds. The number of hydrogen-bond acceptors (Lipinski definition) is 7. The first-order chi connectivity index (χ1) is 13.9. The molecule has 28 heavy (non-hydrogen) atoms. The Morgan fingerprint density at radius 2 is 1.21 bits per heavy atom. The number of morpholine rings is 1. The maximum Gasteiger partial charge on any atom is 0.232 e. The molecule has 0 bridgehead atoms. The highest BCUT2D eigenvalue weighted by Gasteiger charge is 2.19. The minimum absolute atomic E-state index is 0.716. The second-order valence-corrected chi connectivity index (χ2v) is 8.65. The molecule has 2 heterocycles. The van der Waals surface area contributed by atoms with Gasteiger partial charge in [-0.2, -0.15) is 15.0 Å². The van der Waals surface area contributed by atoms with Crippen LogP contribution in [0.1, 0.15) is 64.2 Å². The molecule has 0 unspecified atom stereocenters. The van der Waals surface area contributed by atoms with Crippen molar-refractivity contribution in [3.63, 3.8) is 0 Å². The van der Waals surface area contributed by atoms with Gasteiger partial charge in [0.25, 0.3) is 0 Å². The summed E-state index contributed by atoms with van der Waals surface area (Å²) in [7, 11) is 0. The van der Waals surface area contributed by atoms with Crippen LogP contribution in [0.2, 0.25) is 0 Å². The summed E-state index contributed by atoms with van der Waals surface area (Å²) in [5.74, 6) is 3.70. The number of aromatic nitrogens is 3. The first-order valence-corrected chi connectivity index (χ1v) is 11.4. The van der Waals surface area contributed by atoms with Gasteiger partial charge in [-0.3, -0.25) is 0 Å². The molecule has 3 fully saturated rings. The largest absolute Gasteiger partial charge is 0.378 e. The van der Waals surface area contributed by atoms with Gasteiger partial charge in [0.15, 0.2) is 0 Å². The van der Waals surface area contributed by atoms with Crippen LogP contribution in [0.3, 0.4) is 0 Å². The topological polar surface area (TPSA) is 75.2 Å². The SMILES string of the molecule is C1CCC(CNc2nc(NCC3CCCCC3)nc(N3CCOCC3)n2)CC1. The molecule has 0 aromatic carbocycles. The van der Waals surface area contributed by atoms with Gasteiger partial charge in [0.05, 0.1) is 13.2 Å². The fourth-order valence-electron chi connectivity index (χ4n) is 4.68. The highest BCUT2D eigenvalue weighted by Crippen LogP contribution is 2.25. The third-order valence-electron chi connectivity index (χ3n) is 6.46. The molecular formula is C21H36N6O. The summed E-state index contributed by atoms with van der Waals surface area (Å²) < 4.78 is 5.49. The quantitative estimate of drug-likeness (QED) is 0.738. The summed E-state index contributed by atoms with van der Waals surface area (Å²) in [5.41, 5.74) is 0. The van der Waals surface area contributed by atoms with E-state index < -0.39 is 0 Å². The minimum Gasteiger partial charge on any atom is -0.378 e. The number of nitrogens with zero attached hydrogens (tertiary/aromatic N) is 4. The zero-order chi connectivity index (χ0) is 19.0. The maximum absolute atomic E-state index is 5.49. The van der Waals surface area contributed by atoms with E-state index in [0.29, 0.717) is 11.9 Å². The summed E-state index contributed by atoms with van der Waals surface area (Å²) in [5, 5.41) is 7.02. The molecule has 4 rings (SSSR count). The molecule has 7 heteroatoms. The zero-order valence-corrected chi connectivity index (χ0v) is 17.2. The fraction of sp³-hybridized carbons (Fsp3) is 0.857. The van der Waals surface area contributed by atoms with E-state index in [1.807, 2.05) is 0 Å². The third kappa shape index (κ3) is 5.69. The Balaban J connectivity index is 1.41. The van der Waals surface area contributed by atoms with Gasteiger partial charge in [-0.15, -0.1) is 0 Å². The van der Waals surface area contributed by atoms with E-state index in [0.717, 1.165) is 57.2 Å². The molecule has 1 aromatic heterocycles. The summed E-state index contributed by atoms with van der Waals surface area (Å²) >= 11 is 0. The molecular weight excluding hydrogens is 352 g/mol. The predicted octanol–water partition coefficient (Wildman–Crippen LogP) is 3.69. The van der Waals surface area contributed by atoms with Crippen molar-refractivity contribution in [3.8, 4) is 0 Å². The molecule has 1 aliphatic heterocycles. The predicted molar refractivity (Wildman–Crippen MR) is 113 cm³/mol. The van der Waals surface area contributed by atoms with Crippen molar-refractivity contribution >= 4 is 17.8 Å². The van der Waals surface area contributed by atoms with E-state index in [4.69, 9.17) is 19.7 Å². The molecule has 0 spiro atoms. The minimum atomic E-state index is 0.716. The van der Waals surface area contributed by atoms with Gasteiger partial charge in [0.2, 0.25) is 17.8 Å². The Morgan fingerprint density at radius 1 is 0.714 bits per heavy atom. The lowest BCUT2D eigenvalue weighted by Gasteiger charge is -2.28.